The molecule has 0 atom stereocenters. The third kappa shape index (κ3) is 9.09. The van der Waals surface area contributed by atoms with Gasteiger partial charge in [0.25, 0.3) is 0 Å². The lowest BCUT2D eigenvalue weighted by Crippen LogP contribution is -2.38. The van der Waals surface area contributed by atoms with E-state index in [2.05, 4.69) is 34.1 Å². The number of hydrogen-bond donors (Lipinski definition) is 0. The highest BCUT2D eigenvalue weighted by atomic mass is 79.9. The molecule has 1 saturated heterocycles. The summed E-state index contributed by atoms with van der Waals surface area (Å²) in [6, 6.07) is 27.5. The molecule has 0 N–H and O–H groups in total. The molecule has 40 heavy (non-hydrogen) atoms. The van der Waals surface area contributed by atoms with Gasteiger partial charge in [-0.3, -0.25) is 4.79 Å². The van der Waals surface area contributed by atoms with E-state index >= 15 is 0 Å². The first kappa shape index (κ1) is 29.1. The molecule has 0 radical (unpaired) electrons. The number of hydrogen-bond acceptors (Lipinski definition) is 5. The van der Waals surface area contributed by atoms with E-state index in [1.54, 1.807) is 9.80 Å². The molecule has 0 bridgehead atoms. The van der Waals surface area contributed by atoms with E-state index in [-0.39, 0.29) is 24.6 Å². The number of carbonyl (C=O) groups is 3. The van der Waals surface area contributed by atoms with E-state index < -0.39 is 0 Å². The molecule has 2 amide bonds. The number of ether oxygens (including phenoxy) is 2. The number of carbonyl (C=O) groups excluding carboxylic acids is 3. The van der Waals surface area contributed by atoms with Gasteiger partial charge in [-0.05, 0) is 40.8 Å². The number of nitrogens with zero attached hydrogens (tertiary/aromatic N) is 2. The number of benzene rings is 3. The Morgan fingerprint density at radius 2 is 1.25 bits per heavy atom. The second-order valence-electron chi connectivity index (χ2n) is 9.54. The summed E-state index contributed by atoms with van der Waals surface area (Å²) in [5, 5.41) is 0. The van der Waals surface area contributed by atoms with Crippen LogP contribution in [0, 0.1) is 0 Å². The van der Waals surface area contributed by atoms with Crippen molar-refractivity contribution in [3.63, 3.8) is 0 Å². The standard InChI is InChI=1S/C19H18BrNO2.C13H15NO3/c20-18-8-4-7-17(13-18)16-9-11-21(12-10-16)19(22)23-14-15-5-2-1-3-6-15;15-12-6-8-14(9-7-12)13(16)17-10-11-4-2-1-3-5-11/h1-9,13H,10-12,14H2;1-5H,6-10H2. The molecule has 0 aromatic heterocycles. The van der Waals surface area contributed by atoms with Gasteiger partial charge in [-0.15, -0.1) is 0 Å². The van der Waals surface area contributed by atoms with Crippen molar-refractivity contribution in [1.82, 2.24) is 9.80 Å². The van der Waals surface area contributed by atoms with E-state index in [1.165, 1.54) is 11.1 Å². The SMILES string of the molecule is O=C(OCc1ccccc1)N1CC=C(c2cccc(Br)c2)CC1.O=C1CCN(C(=O)OCc2ccccc2)CC1. The van der Waals surface area contributed by atoms with Crippen LogP contribution in [0.2, 0.25) is 0 Å². The summed E-state index contributed by atoms with van der Waals surface area (Å²) in [4.78, 5) is 38.2. The first-order valence-corrected chi connectivity index (χ1v) is 14.1. The van der Waals surface area contributed by atoms with Gasteiger partial charge >= 0.3 is 12.2 Å². The van der Waals surface area contributed by atoms with E-state index in [9.17, 15) is 14.4 Å². The van der Waals surface area contributed by atoms with E-state index in [0.717, 1.165) is 22.0 Å². The highest BCUT2D eigenvalue weighted by Gasteiger charge is 2.22. The topological polar surface area (TPSA) is 76.2 Å². The molecule has 2 aliphatic rings. The number of ketones is 1. The number of amides is 2. The van der Waals surface area contributed by atoms with Gasteiger partial charge in [-0.2, -0.15) is 0 Å². The Kier molecular flexibility index (Phi) is 10.9. The molecule has 1 fully saturated rings. The van der Waals surface area contributed by atoms with Crippen LogP contribution in [-0.4, -0.2) is 53.9 Å². The molecule has 208 valence electrons. The molecule has 7 nitrogen and oxygen atoms in total. The first-order chi connectivity index (χ1) is 19.5. The molecule has 0 aliphatic carbocycles. The summed E-state index contributed by atoms with van der Waals surface area (Å²) in [6.45, 7) is 2.84. The van der Waals surface area contributed by atoms with Gasteiger partial charge in [0, 0.05) is 43.5 Å². The average Bonchev–Trinajstić information content (AvgIpc) is 3.00. The second-order valence-corrected chi connectivity index (χ2v) is 10.5. The molecule has 3 aromatic carbocycles. The summed E-state index contributed by atoms with van der Waals surface area (Å²) in [5.74, 6) is 0.220. The molecule has 0 unspecified atom stereocenters. The molecule has 8 heteroatoms. The van der Waals surface area contributed by atoms with Gasteiger partial charge in [0.15, 0.2) is 0 Å². The number of rotatable bonds is 5. The highest BCUT2D eigenvalue weighted by Crippen LogP contribution is 2.25. The van der Waals surface area contributed by atoms with Gasteiger partial charge in [-0.25, -0.2) is 9.59 Å². The van der Waals surface area contributed by atoms with Gasteiger partial charge in [0.05, 0.1) is 0 Å². The lowest BCUT2D eigenvalue weighted by molar-refractivity contribution is -0.121. The van der Waals surface area contributed by atoms with Crippen molar-refractivity contribution in [3.05, 3.63) is 112 Å². The van der Waals surface area contributed by atoms with Gasteiger partial charge in [0.1, 0.15) is 19.0 Å². The molecule has 3 aromatic rings. The summed E-state index contributed by atoms with van der Waals surface area (Å²) in [5.41, 5.74) is 4.45. The number of likely N-dealkylation sites (tertiary alicyclic amines) is 1. The van der Waals surface area contributed by atoms with E-state index in [0.29, 0.717) is 45.6 Å². The normalized spacial score (nSPS) is 14.9. The van der Waals surface area contributed by atoms with Crippen molar-refractivity contribution in [3.8, 4) is 0 Å². The number of Topliss-reactive ketones (excluding diaryl/α,β-unsaturated/α-hetero) is 1. The molecule has 0 spiro atoms. The third-order valence-corrected chi connectivity index (χ3v) is 7.15. The van der Waals surface area contributed by atoms with Crippen LogP contribution in [0.15, 0.2) is 95.5 Å². The van der Waals surface area contributed by atoms with Gasteiger partial charge in [-0.1, -0.05) is 94.8 Å². The Morgan fingerprint density at radius 1 is 0.700 bits per heavy atom. The maximum absolute atomic E-state index is 12.1. The van der Waals surface area contributed by atoms with Crippen molar-refractivity contribution in [2.75, 3.05) is 26.2 Å². The van der Waals surface area contributed by atoms with Crippen LogP contribution >= 0.6 is 15.9 Å². The fourth-order valence-corrected chi connectivity index (χ4v) is 4.74. The molecule has 2 heterocycles. The van der Waals surface area contributed by atoms with Crippen molar-refractivity contribution >= 4 is 39.5 Å². The Labute approximate surface area is 243 Å². The van der Waals surface area contributed by atoms with Gasteiger partial charge in [0.2, 0.25) is 0 Å². The largest absolute Gasteiger partial charge is 0.445 e. The maximum atomic E-state index is 12.1. The third-order valence-electron chi connectivity index (χ3n) is 6.65. The number of halogens is 1. The fourth-order valence-electron chi connectivity index (χ4n) is 4.35. The molecular weight excluding hydrogens is 572 g/mol. The monoisotopic (exact) mass is 604 g/mol. The van der Waals surface area contributed by atoms with Crippen LogP contribution in [-0.2, 0) is 27.5 Å². The Bertz CT molecular complexity index is 1300. The van der Waals surface area contributed by atoms with Crippen molar-refractivity contribution in [2.45, 2.75) is 32.5 Å². The lowest BCUT2D eigenvalue weighted by atomic mass is 10.00. The summed E-state index contributed by atoms with van der Waals surface area (Å²) < 4.78 is 11.6. The minimum Gasteiger partial charge on any atom is -0.445 e. The maximum Gasteiger partial charge on any atom is 0.410 e. The Balaban J connectivity index is 0.000000194. The van der Waals surface area contributed by atoms with Crippen molar-refractivity contribution in [1.29, 1.82) is 0 Å². The summed E-state index contributed by atoms with van der Waals surface area (Å²) in [7, 11) is 0. The molecule has 2 aliphatic heterocycles. The summed E-state index contributed by atoms with van der Waals surface area (Å²) >= 11 is 3.49. The first-order valence-electron chi connectivity index (χ1n) is 13.4. The van der Waals surface area contributed by atoms with Crippen LogP contribution < -0.4 is 0 Å². The lowest BCUT2D eigenvalue weighted by Gasteiger charge is -2.26. The van der Waals surface area contributed by atoms with E-state index in [1.807, 2.05) is 72.8 Å². The zero-order valence-corrected chi connectivity index (χ0v) is 23.9. The van der Waals surface area contributed by atoms with Crippen LogP contribution in [0.1, 0.15) is 36.0 Å². The van der Waals surface area contributed by atoms with Crippen molar-refractivity contribution < 1.29 is 23.9 Å². The number of piperidine rings is 1. The predicted octanol–water partition coefficient (Wildman–Crippen LogP) is 6.86. The minimum atomic E-state index is -0.332. The fraction of sp³-hybridized carbons (Fsp3) is 0.281. The minimum absolute atomic E-state index is 0.220. The molecule has 0 saturated carbocycles. The Morgan fingerprint density at radius 3 is 1.77 bits per heavy atom. The quantitative estimate of drug-likeness (QED) is 0.318. The highest BCUT2D eigenvalue weighted by molar-refractivity contribution is 9.10. The zero-order valence-electron chi connectivity index (χ0n) is 22.3. The molecule has 5 rings (SSSR count). The van der Waals surface area contributed by atoms with Crippen LogP contribution in [0.5, 0.6) is 0 Å². The zero-order chi connectivity index (χ0) is 28.2. The van der Waals surface area contributed by atoms with Crippen LogP contribution in [0.25, 0.3) is 5.57 Å². The Hall–Kier alpha value is -3.91. The van der Waals surface area contributed by atoms with Crippen molar-refractivity contribution in [2.24, 2.45) is 0 Å². The second kappa shape index (κ2) is 15.0. The summed E-state index contributed by atoms with van der Waals surface area (Å²) in [6.07, 6.45) is 3.26. The average molecular weight is 606 g/mol. The van der Waals surface area contributed by atoms with Gasteiger partial charge < -0.3 is 19.3 Å². The smallest absolute Gasteiger partial charge is 0.410 e. The van der Waals surface area contributed by atoms with Crippen LogP contribution in [0.3, 0.4) is 0 Å². The predicted molar refractivity (Wildman–Crippen MR) is 157 cm³/mol. The molecular formula is C32H33BrN2O5. The van der Waals surface area contributed by atoms with E-state index in [4.69, 9.17) is 9.47 Å². The van der Waals surface area contributed by atoms with Crippen LogP contribution in [0.4, 0.5) is 9.59 Å².